The Balaban J connectivity index is 1.74. The number of amides is 1. The van der Waals surface area contributed by atoms with Crippen LogP contribution in [0.25, 0.3) is 0 Å². The fraction of sp³-hybridized carbons (Fsp3) is 0.150. The van der Waals surface area contributed by atoms with Gasteiger partial charge in [-0.25, -0.2) is 9.97 Å². The van der Waals surface area contributed by atoms with Crippen LogP contribution in [0.3, 0.4) is 0 Å². The van der Waals surface area contributed by atoms with Gasteiger partial charge in [-0.1, -0.05) is 36.4 Å². The molecule has 0 aliphatic heterocycles. The van der Waals surface area contributed by atoms with Gasteiger partial charge in [0, 0.05) is 18.3 Å². The van der Waals surface area contributed by atoms with E-state index in [0.717, 1.165) is 17.7 Å². The molecular formula is C20H17F3N4O. The Bertz CT molecular complexity index is 975. The third kappa shape index (κ3) is 5.06. The van der Waals surface area contributed by atoms with Gasteiger partial charge in [0.1, 0.15) is 17.3 Å². The van der Waals surface area contributed by atoms with E-state index >= 15 is 0 Å². The monoisotopic (exact) mass is 386 g/mol. The maximum atomic E-state index is 12.8. The molecule has 0 bridgehead atoms. The highest BCUT2D eigenvalue weighted by Crippen LogP contribution is 2.30. The SMILES string of the molecule is Cc1nc(NCc2ccccc2)cc(C(=O)Nc2cccc(C(F)(F)F)c2)n1. The zero-order chi connectivity index (χ0) is 20.1. The second kappa shape index (κ2) is 8.08. The summed E-state index contributed by atoms with van der Waals surface area (Å²) in [5.41, 5.74) is 0.290. The molecule has 3 aromatic rings. The lowest BCUT2D eigenvalue weighted by molar-refractivity contribution is -0.137. The molecule has 1 heterocycles. The summed E-state index contributed by atoms with van der Waals surface area (Å²) < 4.78 is 38.5. The van der Waals surface area contributed by atoms with E-state index < -0.39 is 17.6 Å². The second-order valence-electron chi connectivity index (χ2n) is 6.06. The molecule has 3 rings (SSSR count). The van der Waals surface area contributed by atoms with Crippen LogP contribution in [-0.4, -0.2) is 15.9 Å². The normalized spacial score (nSPS) is 11.1. The van der Waals surface area contributed by atoms with Gasteiger partial charge in [-0.3, -0.25) is 4.79 Å². The molecular weight excluding hydrogens is 369 g/mol. The fourth-order valence-corrected chi connectivity index (χ4v) is 2.53. The smallest absolute Gasteiger partial charge is 0.366 e. The number of hydrogen-bond donors (Lipinski definition) is 2. The molecule has 0 saturated heterocycles. The molecule has 144 valence electrons. The molecule has 1 amide bonds. The number of aryl methyl sites for hydroxylation is 1. The van der Waals surface area contributed by atoms with Crippen molar-refractivity contribution in [1.82, 2.24) is 9.97 Å². The topological polar surface area (TPSA) is 66.9 Å². The molecule has 1 aromatic heterocycles. The Morgan fingerprint density at radius 1 is 1.00 bits per heavy atom. The first-order chi connectivity index (χ1) is 13.3. The van der Waals surface area contributed by atoms with Crippen LogP contribution >= 0.6 is 0 Å². The largest absolute Gasteiger partial charge is 0.416 e. The minimum Gasteiger partial charge on any atom is -0.366 e. The van der Waals surface area contributed by atoms with Gasteiger partial charge in [-0.15, -0.1) is 0 Å². The van der Waals surface area contributed by atoms with Crippen molar-refractivity contribution in [2.45, 2.75) is 19.6 Å². The minimum absolute atomic E-state index is 0.0369. The Morgan fingerprint density at radius 3 is 2.46 bits per heavy atom. The summed E-state index contributed by atoms with van der Waals surface area (Å²) in [6.45, 7) is 2.14. The Hall–Kier alpha value is -3.42. The predicted molar refractivity (Wildman–Crippen MR) is 99.9 cm³/mol. The second-order valence-corrected chi connectivity index (χ2v) is 6.06. The molecule has 0 aliphatic carbocycles. The number of halogens is 3. The van der Waals surface area contributed by atoms with E-state index in [1.165, 1.54) is 18.2 Å². The van der Waals surface area contributed by atoms with Gasteiger partial charge in [-0.05, 0) is 30.7 Å². The van der Waals surface area contributed by atoms with Crippen molar-refractivity contribution in [3.63, 3.8) is 0 Å². The Labute approximate surface area is 159 Å². The molecule has 0 atom stereocenters. The van der Waals surface area contributed by atoms with E-state index in [1.807, 2.05) is 30.3 Å². The molecule has 28 heavy (non-hydrogen) atoms. The van der Waals surface area contributed by atoms with Crippen molar-refractivity contribution in [3.8, 4) is 0 Å². The van der Waals surface area contributed by atoms with Crippen LogP contribution in [0.1, 0.15) is 27.4 Å². The number of hydrogen-bond acceptors (Lipinski definition) is 4. The molecule has 0 radical (unpaired) electrons. The number of rotatable bonds is 5. The van der Waals surface area contributed by atoms with Crippen LogP contribution < -0.4 is 10.6 Å². The zero-order valence-electron chi connectivity index (χ0n) is 14.9. The third-order valence-corrected chi connectivity index (χ3v) is 3.83. The van der Waals surface area contributed by atoms with E-state index in [9.17, 15) is 18.0 Å². The minimum atomic E-state index is -4.49. The van der Waals surface area contributed by atoms with Gasteiger partial charge in [-0.2, -0.15) is 13.2 Å². The van der Waals surface area contributed by atoms with Gasteiger partial charge >= 0.3 is 6.18 Å². The number of carbonyl (C=O) groups excluding carboxylic acids is 1. The van der Waals surface area contributed by atoms with Crippen molar-refractivity contribution < 1.29 is 18.0 Å². The van der Waals surface area contributed by atoms with E-state index in [4.69, 9.17) is 0 Å². The first-order valence-electron chi connectivity index (χ1n) is 8.43. The molecule has 0 aliphatic rings. The van der Waals surface area contributed by atoms with Crippen molar-refractivity contribution in [2.75, 3.05) is 10.6 Å². The van der Waals surface area contributed by atoms with Crippen molar-refractivity contribution in [1.29, 1.82) is 0 Å². The molecule has 0 saturated carbocycles. The summed E-state index contributed by atoms with van der Waals surface area (Å²) in [7, 11) is 0. The molecule has 0 spiro atoms. The lowest BCUT2D eigenvalue weighted by Gasteiger charge is -2.11. The van der Waals surface area contributed by atoms with Gasteiger partial charge in [0.05, 0.1) is 5.56 Å². The molecule has 0 fully saturated rings. The maximum absolute atomic E-state index is 12.8. The number of alkyl halides is 3. The standard InChI is InChI=1S/C20H17F3N4O/c1-13-25-17(11-18(26-13)24-12-14-6-3-2-4-7-14)19(28)27-16-9-5-8-15(10-16)20(21,22)23/h2-11H,12H2,1H3,(H,27,28)(H,24,25,26). The average molecular weight is 386 g/mol. The highest BCUT2D eigenvalue weighted by molar-refractivity contribution is 6.03. The summed E-state index contributed by atoms with van der Waals surface area (Å²) >= 11 is 0. The molecule has 2 aromatic carbocycles. The highest BCUT2D eigenvalue weighted by atomic mass is 19.4. The first-order valence-corrected chi connectivity index (χ1v) is 8.43. The quantitative estimate of drug-likeness (QED) is 0.669. The van der Waals surface area contributed by atoms with E-state index in [1.54, 1.807) is 6.92 Å². The van der Waals surface area contributed by atoms with Crippen LogP contribution in [0.4, 0.5) is 24.7 Å². The van der Waals surface area contributed by atoms with Crippen LogP contribution in [-0.2, 0) is 12.7 Å². The Kier molecular flexibility index (Phi) is 5.58. The highest BCUT2D eigenvalue weighted by Gasteiger charge is 2.30. The van der Waals surface area contributed by atoms with Crippen molar-refractivity contribution in [2.24, 2.45) is 0 Å². The van der Waals surface area contributed by atoms with Crippen LogP contribution in [0, 0.1) is 6.92 Å². The summed E-state index contributed by atoms with van der Waals surface area (Å²) in [4.78, 5) is 20.7. The van der Waals surface area contributed by atoms with E-state index in [2.05, 4.69) is 20.6 Å². The number of nitrogens with zero attached hydrogens (tertiary/aromatic N) is 2. The summed E-state index contributed by atoms with van der Waals surface area (Å²) in [5.74, 6) is 0.199. The predicted octanol–water partition coefficient (Wildman–Crippen LogP) is 4.67. The maximum Gasteiger partial charge on any atom is 0.416 e. The van der Waals surface area contributed by atoms with Crippen LogP contribution in [0.5, 0.6) is 0 Å². The summed E-state index contributed by atoms with van der Waals surface area (Å²) in [6, 6.07) is 15.5. The van der Waals surface area contributed by atoms with E-state index in [0.29, 0.717) is 18.2 Å². The Morgan fingerprint density at radius 2 is 1.75 bits per heavy atom. The average Bonchev–Trinajstić information content (AvgIpc) is 2.66. The lowest BCUT2D eigenvalue weighted by atomic mass is 10.2. The molecule has 8 heteroatoms. The summed E-state index contributed by atoms with van der Waals surface area (Å²) in [5, 5.41) is 5.55. The van der Waals surface area contributed by atoms with Gasteiger partial charge < -0.3 is 10.6 Å². The molecule has 0 unspecified atom stereocenters. The van der Waals surface area contributed by atoms with Gasteiger partial charge in [0.25, 0.3) is 5.91 Å². The fourth-order valence-electron chi connectivity index (χ4n) is 2.53. The number of aromatic nitrogens is 2. The van der Waals surface area contributed by atoms with Crippen molar-refractivity contribution in [3.05, 3.63) is 83.3 Å². The molecule has 5 nitrogen and oxygen atoms in total. The summed E-state index contributed by atoms with van der Waals surface area (Å²) in [6.07, 6.45) is -4.49. The number of nitrogens with one attached hydrogen (secondary N) is 2. The third-order valence-electron chi connectivity index (χ3n) is 3.83. The van der Waals surface area contributed by atoms with E-state index in [-0.39, 0.29) is 11.4 Å². The molecule has 2 N–H and O–H groups in total. The lowest BCUT2D eigenvalue weighted by Crippen LogP contribution is -2.16. The van der Waals surface area contributed by atoms with Crippen LogP contribution in [0.15, 0.2) is 60.7 Å². The zero-order valence-corrected chi connectivity index (χ0v) is 14.9. The van der Waals surface area contributed by atoms with Crippen LogP contribution in [0.2, 0.25) is 0 Å². The number of anilines is 2. The van der Waals surface area contributed by atoms with Crippen molar-refractivity contribution >= 4 is 17.4 Å². The number of carbonyl (C=O) groups is 1. The van der Waals surface area contributed by atoms with Gasteiger partial charge in [0.15, 0.2) is 0 Å². The first kappa shape index (κ1) is 19.3. The number of benzene rings is 2. The van der Waals surface area contributed by atoms with Gasteiger partial charge in [0.2, 0.25) is 0 Å².